The average Bonchev–Trinajstić information content (AvgIpc) is 2.81. The van der Waals surface area contributed by atoms with Gasteiger partial charge in [-0.25, -0.2) is 8.42 Å². The Morgan fingerprint density at radius 2 is 1.67 bits per heavy atom. The van der Waals surface area contributed by atoms with E-state index in [1.807, 2.05) is 32.9 Å². The van der Waals surface area contributed by atoms with Crippen LogP contribution in [0.1, 0.15) is 45.6 Å². The molecule has 0 radical (unpaired) electrons. The summed E-state index contributed by atoms with van der Waals surface area (Å²) in [6.07, 6.45) is 1.95. The number of carbonyl (C=O) groups is 2. The fourth-order valence-corrected chi connectivity index (χ4v) is 4.93. The summed E-state index contributed by atoms with van der Waals surface area (Å²) in [7, 11) is -2.03. The number of ether oxygens (including phenoxy) is 1. The average molecular weight is 538 g/mol. The largest absolute Gasteiger partial charge is 0.497 e. The van der Waals surface area contributed by atoms with Crippen LogP contribution in [0.2, 0.25) is 5.02 Å². The molecule has 1 atom stereocenters. The third-order valence-corrected chi connectivity index (χ3v) is 7.04. The van der Waals surface area contributed by atoms with Crippen molar-refractivity contribution in [2.45, 2.75) is 58.7 Å². The molecular formula is C26H36ClN3O5S. The topological polar surface area (TPSA) is 96.0 Å². The van der Waals surface area contributed by atoms with Crippen LogP contribution in [0.4, 0.5) is 5.69 Å². The molecule has 0 saturated heterocycles. The van der Waals surface area contributed by atoms with Crippen LogP contribution in [-0.4, -0.2) is 57.1 Å². The number of anilines is 1. The summed E-state index contributed by atoms with van der Waals surface area (Å²) in [5.41, 5.74) is 1.34. The summed E-state index contributed by atoms with van der Waals surface area (Å²) < 4.78 is 31.3. The molecule has 0 fully saturated rings. The minimum Gasteiger partial charge on any atom is -0.497 e. The lowest BCUT2D eigenvalue weighted by Gasteiger charge is -2.31. The van der Waals surface area contributed by atoms with Crippen molar-refractivity contribution in [2.24, 2.45) is 0 Å². The first-order valence-corrected chi connectivity index (χ1v) is 14.1. The molecule has 2 aromatic carbocycles. The van der Waals surface area contributed by atoms with Crippen LogP contribution in [-0.2, 0) is 26.2 Å². The van der Waals surface area contributed by atoms with Crippen LogP contribution in [0.25, 0.3) is 0 Å². The lowest BCUT2D eigenvalue weighted by atomic mass is 10.1. The molecule has 0 aliphatic rings. The van der Waals surface area contributed by atoms with Crippen LogP contribution in [0, 0.1) is 0 Å². The van der Waals surface area contributed by atoms with Crippen LogP contribution in [0.15, 0.2) is 48.5 Å². The second-order valence-corrected chi connectivity index (χ2v) is 11.2. The Morgan fingerprint density at radius 3 is 2.17 bits per heavy atom. The van der Waals surface area contributed by atoms with E-state index in [9.17, 15) is 18.0 Å². The molecule has 0 aromatic heterocycles. The van der Waals surface area contributed by atoms with E-state index in [4.69, 9.17) is 16.3 Å². The van der Waals surface area contributed by atoms with Crippen molar-refractivity contribution in [3.8, 4) is 5.75 Å². The third kappa shape index (κ3) is 8.71. The Hall–Kier alpha value is -2.78. The van der Waals surface area contributed by atoms with E-state index < -0.39 is 16.1 Å². The summed E-state index contributed by atoms with van der Waals surface area (Å²) in [5, 5.41) is 3.48. The number of rotatable bonds is 13. The number of hydrogen-bond acceptors (Lipinski definition) is 5. The van der Waals surface area contributed by atoms with E-state index in [0.717, 1.165) is 11.8 Å². The Bertz CT molecular complexity index is 1110. The quantitative estimate of drug-likeness (QED) is 0.412. The number of nitrogens with one attached hydrogen (secondary N) is 1. The van der Waals surface area contributed by atoms with Gasteiger partial charge in [0.05, 0.1) is 19.1 Å². The molecule has 8 nitrogen and oxygen atoms in total. The van der Waals surface area contributed by atoms with Gasteiger partial charge in [-0.3, -0.25) is 13.9 Å². The third-order valence-electron chi connectivity index (χ3n) is 5.60. The van der Waals surface area contributed by atoms with E-state index >= 15 is 0 Å². The van der Waals surface area contributed by atoms with Gasteiger partial charge in [-0.1, -0.05) is 30.7 Å². The first-order chi connectivity index (χ1) is 17.0. The van der Waals surface area contributed by atoms with Gasteiger partial charge in [0.1, 0.15) is 11.8 Å². The molecule has 10 heteroatoms. The van der Waals surface area contributed by atoms with Gasteiger partial charge in [0, 0.05) is 30.6 Å². The second-order valence-electron chi connectivity index (χ2n) is 8.87. The molecule has 0 saturated carbocycles. The maximum Gasteiger partial charge on any atom is 0.243 e. The summed E-state index contributed by atoms with van der Waals surface area (Å²) in [6, 6.07) is 13.1. The highest BCUT2D eigenvalue weighted by molar-refractivity contribution is 7.92. The Balaban J connectivity index is 2.20. The molecule has 0 unspecified atom stereocenters. The zero-order valence-corrected chi connectivity index (χ0v) is 23.1. The van der Waals surface area contributed by atoms with Gasteiger partial charge in [-0.05, 0) is 68.7 Å². The minimum absolute atomic E-state index is 0.0631. The van der Waals surface area contributed by atoms with Crippen LogP contribution < -0.4 is 14.4 Å². The Labute approximate surface area is 219 Å². The van der Waals surface area contributed by atoms with Crippen LogP contribution in [0.3, 0.4) is 0 Å². The number of benzene rings is 2. The monoisotopic (exact) mass is 537 g/mol. The molecule has 2 aromatic rings. The zero-order valence-electron chi connectivity index (χ0n) is 21.5. The van der Waals surface area contributed by atoms with Crippen LogP contribution >= 0.6 is 11.6 Å². The van der Waals surface area contributed by atoms with Crippen molar-refractivity contribution in [3.63, 3.8) is 0 Å². The van der Waals surface area contributed by atoms with Crippen molar-refractivity contribution >= 4 is 39.1 Å². The first kappa shape index (κ1) is 29.5. The van der Waals surface area contributed by atoms with E-state index in [0.29, 0.717) is 22.9 Å². The molecule has 2 rings (SSSR count). The smallest absolute Gasteiger partial charge is 0.243 e. The number of carbonyl (C=O) groups excluding carboxylic acids is 2. The van der Waals surface area contributed by atoms with Crippen LogP contribution in [0.5, 0.6) is 5.75 Å². The summed E-state index contributed by atoms with van der Waals surface area (Å²) in [4.78, 5) is 27.9. The molecule has 0 spiro atoms. The van der Waals surface area contributed by atoms with E-state index in [-0.39, 0.29) is 43.8 Å². The van der Waals surface area contributed by atoms with Crippen molar-refractivity contribution < 1.29 is 22.7 Å². The molecule has 0 aliphatic carbocycles. The molecule has 198 valence electrons. The van der Waals surface area contributed by atoms with Crippen molar-refractivity contribution in [1.82, 2.24) is 10.2 Å². The summed E-state index contributed by atoms with van der Waals surface area (Å²) in [6.45, 7) is 5.97. The molecule has 0 bridgehead atoms. The molecule has 36 heavy (non-hydrogen) atoms. The molecule has 1 N–H and O–H groups in total. The minimum atomic E-state index is -3.57. The van der Waals surface area contributed by atoms with Gasteiger partial charge in [-0.15, -0.1) is 0 Å². The molecule has 0 heterocycles. The van der Waals surface area contributed by atoms with Gasteiger partial charge in [0.2, 0.25) is 21.8 Å². The summed E-state index contributed by atoms with van der Waals surface area (Å²) in [5.74, 6) is 0.176. The van der Waals surface area contributed by atoms with Crippen molar-refractivity contribution in [3.05, 3.63) is 59.1 Å². The fourth-order valence-electron chi connectivity index (χ4n) is 3.84. The molecular weight excluding hydrogens is 502 g/mol. The number of halogens is 1. The standard InChI is InChI=1S/C26H36ClN3O5S/c1-6-24(26(32)28-19(2)3)29(18-20-9-11-21(27)12-10-20)25(31)8-7-17-30(36(5,33)34)22-13-15-23(35-4)16-14-22/h9-16,19,24H,6-8,17-18H2,1-5H3,(H,28,32)/t24-/m0/s1. The highest BCUT2D eigenvalue weighted by Gasteiger charge is 2.29. The number of methoxy groups -OCH3 is 1. The van der Waals surface area contributed by atoms with Gasteiger partial charge in [-0.2, -0.15) is 0 Å². The molecule has 0 aliphatic heterocycles. The van der Waals surface area contributed by atoms with Gasteiger partial charge in [0.15, 0.2) is 0 Å². The van der Waals surface area contributed by atoms with E-state index in [1.165, 1.54) is 11.4 Å². The van der Waals surface area contributed by atoms with Gasteiger partial charge >= 0.3 is 0 Å². The number of nitrogens with zero attached hydrogens (tertiary/aromatic N) is 2. The first-order valence-electron chi connectivity index (χ1n) is 11.9. The number of amides is 2. The highest BCUT2D eigenvalue weighted by atomic mass is 35.5. The lowest BCUT2D eigenvalue weighted by Crippen LogP contribution is -2.50. The SMILES string of the molecule is CC[C@@H](C(=O)NC(C)C)N(Cc1ccc(Cl)cc1)C(=O)CCCN(c1ccc(OC)cc1)S(C)(=O)=O. The zero-order chi connectivity index (χ0) is 26.9. The fraction of sp³-hybridized carbons (Fsp3) is 0.462. The summed E-state index contributed by atoms with van der Waals surface area (Å²) >= 11 is 6.01. The van der Waals surface area contributed by atoms with E-state index in [2.05, 4.69) is 5.32 Å². The van der Waals surface area contributed by atoms with Crippen molar-refractivity contribution in [2.75, 3.05) is 24.2 Å². The van der Waals surface area contributed by atoms with E-state index in [1.54, 1.807) is 41.3 Å². The highest BCUT2D eigenvalue weighted by Crippen LogP contribution is 2.23. The van der Waals surface area contributed by atoms with Gasteiger partial charge in [0.25, 0.3) is 0 Å². The Morgan fingerprint density at radius 1 is 1.06 bits per heavy atom. The predicted molar refractivity (Wildman–Crippen MR) is 144 cm³/mol. The maximum absolute atomic E-state index is 13.4. The maximum atomic E-state index is 13.4. The normalized spacial score (nSPS) is 12.2. The van der Waals surface area contributed by atoms with Crippen molar-refractivity contribution in [1.29, 1.82) is 0 Å². The lowest BCUT2D eigenvalue weighted by molar-refractivity contribution is -0.141. The predicted octanol–water partition coefficient (Wildman–Crippen LogP) is 4.23. The second kappa shape index (κ2) is 13.5. The number of sulfonamides is 1. The Kier molecular flexibility index (Phi) is 11.0. The molecule has 2 amide bonds. The van der Waals surface area contributed by atoms with Gasteiger partial charge < -0.3 is 15.0 Å². The number of hydrogen-bond donors (Lipinski definition) is 1.